The first-order valence-electron chi connectivity index (χ1n) is 14.8. The molecule has 3 aliphatic heterocycles. The van der Waals surface area contributed by atoms with Crippen LogP contribution in [0.15, 0.2) is 36.5 Å². The Kier molecular flexibility index (Phi) is 9.33. The third-order valence-corrected chi connectivity index (χ3v) is 8.19. The first kappa shape index (κ1) is 26.7. The van der Waals surface area contributed by atoms with Crippen molar-refractivity contribution < 1.29 is 9.53 Å². The van der Waals surface area contributed by atoms with Crippen LogP contribution < -0.4 is 15.0 Å². The molecule has 0 spiro atoms. The van der Waals surface area contributed by atoms with E-state index in [0.29, 0.717) is 12.1 Å². The van der Waals surface area contributed by atoms with Crippen molar-refractivity contribution in [2.75, 3.05) is 56.1 Å². The van der Waals surface area contributed by atoms with Crippen LogP contribution in [0.25, 0.3) is 0 Å². The van der Waals surface area contributed by atoms with E-state index < -0.39 is 0 Å². The second kappa shape index (κ2) is 13.3. The van der Waals surface area contributed by atoms with Crippen molar-refractivity contribution >= 4 is 17.7 Å². The number of unbranched alkanes of at least 4 members (excludes halogenated alkanes) is 1. The predicted octanol–water partition coefficient (Wildman–Crippen LogP) is 4.83. The quantitative estimate of drug-likeness (QED) is 0.475. The Hall–Kier alpha value is -2.87. The van der Waals surface area contributed by atoms with Crippen molar-refractivity contribution in [3.8, 4) is 5.75 Å². The molecule has 5 rings (SSSR count). The van der Waals surface area contributed by atoms with Crippen LogP contribution in [-0.4, -0.2) is 83.6 Å². The maximum atomic E-state index is 13.3. The fraction of sp³-hybridized carbons (Fsp3) is 0.633. The topological polar surface area (TPSA) is 73.8 Å². The zero-order chi connectivity index (χ0) is 26.2. The number of hydrogen-bond donors (Lipinski definition) is 1. The molecule has 206 valence electrons. The predicted molar refractivity (Wildman–Crippen MR) is 152 cm³/mol. The van der Waals surface area contributed by atoms with Crippen molar-refractivity contribution in [1.82, 2.24) is 19.8 Å². The number of likely N-dealkylation sites (tertiary alicyclic amines) is 2. The number of carbonyl (C=O) groups is 1. The molecule has 0 bridgehead atoms. The van der Waals surface area contributed by atoms with E-state index in [0.717, 1.165) is 101 Å². The number of amides is 1. The number of hydrogen-bond acceptors (Lipinski definition) is 7. The molecule has 2 aromatic rings. The highest BCUT2D eigenvalue weighted by atomic mass is 16.5. The highest BCUT2D eigenvalue weighted by molar-refractivity contribution is 5.94. The number of benzene rings is 1. The Morgan fingerprint density at radius 2 is 1.79 bits per heavy atom. The van der Waals surface area contributed by atoms with Gasteiger partial charge < -0.3 is 19.9 Å². The van der Waals surface area contributed by atoms with Crippen molar-refractivity contribution in [3.05, 3.63) is 42.1 Å². The molecule has 3 aliphatic rings. The van der Waals surface area contributed by atoms with Crippen LogP contribution in [0.1, 0.15) is 75.1 Å². The maximum Gasteiger partial charge on any atom is 0.253 e. The Balaban J connectivity index is 1.12. The van der Waals surface area contributed by atoms with Crippen molar-refractivity contribution in [3.63, 3.8) is 0 Å². The number of piperidine rings is 1. The van der Waals surface area contributed by atoms with Crippen molar-refractivity contribution in [2.24, 2.45) is 0 Å². The van der Waals surface area contributed by atoms with E-state index in [9.17, 15) is 4.79 Å². The molecule has 2 atom stereocenters. The molecule has 0 aliphatic carbocycles. The van der Waals surface area contributed by atoms with Gasteiger partial charge in [0.1, 0.15) is 11.6 Å². The van der Waals surface area contributed by atoms with Crippen molar-refractivity contribution in [1.29, 1.82) is 0 Å². The molecular formula is C30H44N6O2. The fourth-order valence-electron chi connectivity index (χ4n) is 5.96. The molecule has 3 fully saturated rings. The molecule has 38 heavy (non-hydrogen) atoms. The summed E-state index contributed by atoms with van der Waals surface area (Å²) in [5.74, 6) is 2.74. The fourth-order valence-corrected chi connectivity index (χ4v) is 5.96. The van der Waals surface area contributed by atoms with E-state index in [1.165, 1.54) is 25.7 Å². The second-order valence-corrected chi connectivity index (χ2v) is 11.0. The Bertz CT molecular complexity index is 1020. The van der Waals surface area contributed by atoms with Gasteiger partial charge in [-0.25, -0.2) is 4.98 Å². The third kappa shape index (κ3) is 6.95. The van der Waals surface area contributed by atoms with Crippen LogP contribution in [0.2, 0.25) is 0 Å². The molecule has 2 unspecified atom stereocenters. The molecule has 1 N–H and O–H groups in total. The first-order chi connectivity index (χ1) is 18.7. The standard InChI is InChI=1S/C30H44N6O2/c1-2-3-21-38-27-12-10-24(11-13-27)29(37)36-19-8-9-26(23-36)35-20-15-25(22-35)32-30-31-16-14-28(33-30)34-17-6-4-5-7-18-34/h10-14,16,25-26H,2-9,15,17-23H2,1H3,(H,31,32,33). The van der Waals surface area contributed by atoms with Gasteiger partial charge >= 0.3 is 0 Å². The van der Waals surface area contributed by atoms with Gasteiger partial charge in [0.05, 0.1) is 6.61 Å². The highest BCUT2D eigenvalue weighted by Gasteiger charge is 2.33. The zero-order valence-corrected chi connectivity index (χ0v) is 23.0. The third-order valence-electron chi connectivity index (χ3n) is 8.19. The van der Waals surface area contributed by atoms with Gasteiger partial charge in [-0.2, -0.15) is 4.98 Å². The molecule has 8 heteroatoms. The molecular weight excluding hydrogens is 476 g/mol. The average Bonchev–Trinajstić information content (AvgIpc) is 3.25. The Morgan fingerprint density at radius 1 is 0.974 bits per heavy atom. The van der Waals surface area contributed by atoms with Crippen LogP contribution in [0, 0.1) is 0 Å². The number of rotatable bonds is 9. The minimum absolute atomic E-state index is 0.127. The molecule has 8 nitrogen and oxygen atoms in total. The van der Waals surface area contributed by atoms with E-state index in [4.69, 9.17) is 9.72 Å². The van der Waals surface area contributed by atoms with Gasteiger partial charge in [-0.15, -0.1) is 0 Å². The van der Waals surface area contributed by atoms with Gasteiger partial charge in [-0.1, -0.05) is 26.2 Å². The molecule has 0 radical (unpaired) electrons. The number of aromatic nitrogens is 2. The lowest BCUT2D eigenvalue weighted by atomic mass is 10.0. The minimum atomic E-state index is 0.127. The first-order valence-corrected chi connectivity index (χ1v) is 14.8. The monoisotopic (exact) mass is 520 g/mol. The van der Waals surface area contributed by atoms with Gasteiger partial charge in [0.25, 0.3) is 5.91 Å². The van der Waals surface area contributed by atoms with E-state index >= 15 is 0 Å². The summed E-state index contributed by atoms with van der Waals surface area (Å²) in [4.78, 5) is 29.6. The lowest BCUT2D eigenvalue weighted by Gasteiger charge is -2.37. The Morgan fingerprint density at radius 3 is 2.58 bits per heavy atom. The molecule has 0 saturated carbocycles. The van der Waals surface area contributed by atoms with Gasteiger partial charge in [-0.3, -0.25) is 9.69 Å². The largest absolute Gasteiger partial charge is 0.494 e. The lowest BCUT2D eigenvalue weighted by Crippen LogP contribution is -2.49. The summed E-state index contributed by atoms with van der Waals surface area (Å²) >= 11 is 0. The van der Waals surface area contributed by atoms with E-state index in [1.807, 2.05) is 41.4 Å². The summed E-state index contributed by atoms with van der Waals surface area (Å²) in [5.41, 5.74) is 0.746. The van der Waals surface area contributed by atoms with E-state index in [-0.39, 0.29) is 5.91 Å². The number of nitrogens with one attached hydrogen (secondary N) is 1. The zero-order valence-electron chi connectivity index (χ0n) is 23.0. The second-order valence-electron chi connectivity index (χ2n) is 11.0. The number of nitrogens with zero attached hydrogens (tertiary/aromatic N) is 5. The minimum Gasteiger partial charge on any atom is -0.494 e. The molecule has 1 amide bonds. The number of anilines is 2. The molecule has 3 saturated heterocycles. The molecule has 1 aromatic carbocycles. The summed E-state index contributed by atoms with van der Waals surface area (Å²) < 4.78 is 5.76. The van der Waals surface area contributed by atoms with Gasteiger partial charge in [0.2, 0.25) is 5.95 Å². The summed E-state index contributed by atoms with van der Waals surface area (Å²) in [5, 5.41) is 3.61. The Labute approximate surface area is 227 Å². The van der Waals surface area contributed by atoms with Crippen LogP contribution in [-0.2, 0) is 0 Å². The number of carbonyl (C=O) groups excluding carboxylic acids is 1. The summed E-state index contributed by atoms with van der Waals surface area (Å²) in [6.45, 7) is 8.67. The van der Waals surface area contributed by atoms with Crippen molar-refractivity contribution in [2.45, 2.75) is 76.8 Å². The highest BCUT2D eigenvalue weighted by Crippen LogP contribution is 2.25. The normalized spacial score (nSPS) is 22.8. The SMILES string of the molecule is CCCCOc1ccc(C(=O)N2CCCC(N3CCC(Nc4nccc(N5CCCCCC5)n4)C3)C2)cc1. The van der Waals surface area contributed by atoms with Crippen LogP contribution >= 0.6 is 0 Å². The smallest absolute Gasteiger partial charge is 0.253 e. The average molecular weight is 521 g/mol. The lowest BCUT2D eigenvalue weighted by molar-refractivity contribution is 0.0607. The van der Waals surface area contributed by atoms with Crippen LogP contribution in [0.3, 0.4) is 0 Å². The van der Waals surface area contributed by atoms with Gasteiger partial charge in [0.15, 0.2) is 0 Å². The van der Waals surface area contributed by atoms with Gasteiger partial charge in [0, 0.05) is 63.1 Å². The molecule has 1 aromatic heterocycles. The summed E-state index contributed by atoms with van der Waals surface area (Å²) in [7, 11) is 0. The summed E-state index contributed by atoms with van der Waals surface area (Å²) in [6, 6.07) is 10.4. The van der Waals surface area contributed by atoms with Crippen LogP contribution in [0.4, 0.5) is 11.8 Å². The van der Waals surface area contributed by atoms with Crippen LogP contribution in [0.5, 0.6) is 5.75 Å². The summed E-state index contributed by atoms with van der Waals surface area (Å²) in [6.07, 6.45) is 12.4. The maximum absolute atomic E-state index is 13.3. The van der Waals surface area contributed by atoms with Gasteiger partial charge in [-0.05, 0) is 68.9 Å². The number of ether oxygens (including phenoxy) is 1. The van der Waals surface area contributed by atoms with E-state index in [2.05, 4.69) is 27.0 Å². The molecule has 4 heterocycles. The van der Waals surface area contributed by atoms with E-state index in [1.54, 1.807) is 0 Å².